The van der Waals surface area contributed by atoms with Gasteiger partial charge in [0.15, 0.2) is 11.0 Å². The number of anilines is 1. The number of carbonyl (C=O) groups is 1. The Balaban J connectivity index is 1.64. The largest absolute Gasteiger partial charge is 0.485 e. The first kappa shape index (κ1) is 21.9. The van der Waals surface area contributed by atoms with Crippen LogP contribution >= 0.6 is 11.8 Å². The van der Waals surface area contributed by atoms with E-state index in [2.05, 4.69) is 42.4 Å². The first-order valence-electron chi connectivity index (χ1n) is 9.96. The fraction of sp³-hybridized carbons (Fsp3) is 0.348. The molecule has 3 aromatic rings. The Morgan fingerprint density at radius 1 is 1.10 bits per heavy atom. The van der Waals surface area contributed by atoms with Crippen molar-refractivity contribution in [3.8, 4) is 5.75 Å². The molecule has 1 aromatic heterocycles. The molecule has 0 radical (unpaired) electrons. The second kappa shape index (κ2) is 9.80. The number of carbonyl (C=O) groups excluding carboxylic acids is 1. The predicted molar refractivity (Wildman–Crippen MR) is 121 cm³/mol. The Morgan fingerprint density at radius 2 is 1.87 bits per heavy atom. The number of benzene rings is 2. The Bertz CT molecular complexity index is 1030. The molecule has 0 aliphatic rings. The highest BCUT2D eigenvalue weighted by molar-refractivity contribution is 7.99. The van der Waals surface area contributed by atoms with Gasteiger partial charge in [-0.15, -0.1) is 10.2 Å². The van der Waals surface area contributed by atoms with Crippen LogP contribution < -0.4 is 10.1 Å². The third-order valence-corrected chi connectivity index (χ3v) is 5.52. The van der Waals surface area contributed by atoms with Crippen molar-refractivity contribution in [1.29, 1.82) is 0 Å². The molecule has 0 bridgehead atoms. The minimum atomic E-state index is -0.0722. The third kappa shape index (κ3) is 5.63. The number of amides is 1. The summed E-state index contributed by atoms with van der Waals surface area (Å²) in [5.41, 5.74) is 4.20. The average molecular weight is 425 g/mol. The van der Waals surface area contributed by atoms with E-state index in [0.717, 1.165) is 28.4 Å². The first-order chi connectivity index (χ1) is 14.3. The number of nitrogens with zero attached hydrogens (tertiary/aromatic N) is 3. The number of thioether (sulfide) groups is 1. The molecule has 158 valence electrons. The summed E-state index contributed by atoms with van der Waals surface area (Å²) in [6, 6.07) is 14.0. The van der Waals surface area contributed by atoms with Gasteiger partial charge in [-0.25, -0.2) is 0 Å². The van der Waals surface area contributed by atoms with Crippen molar-refractivity contribution < 1.29 is 9.53 Å². The SMILES string of the molecule is Cc1cccc(NC(=O)CSc2nnc(COc3ccc(C)cc3C)n2C(C)C)c1. The van der Waals surface area contributed by atoms with Gasteiger partial charge in [0.25, 0.3) is 0 Å². The quantitative estimate of drug-likeness (QED) is 0.510. The van der Waals surface area contributed by atoms with Gasteiger partial charge in [0.1, 0.15) is 12.4 Å². The molecule has 0 aliphatic heterocycles. The zero-order chi connectivity index (χ0) is 21.7. The van der Waals surface area contributed by atoms with Crippen LogP contribution in [0, 0.1) is 20.8 Å². The molecule has 0 atom stereocenters. The molecular formula is C23H28N4O2S. The molecule has 30 heavy (non-hydrogen) atoms. The molecular weight excluding hydrogens is 396 g/mol. The van der Waals surface area contributed by atoms with E-state index in [9.17, 15) is 4.79 Å². The Labute approximate surface area is 182 Å². The maximum Gasteiger partial charge on any atom is 0.234 e. The van der Waals surface area contributed by atoms with Crippen LogP contribution in [-0.4, -0.2) is 26.4 Å². The van der Waals surface area contributed by atoms with Gasteiger partial charge in [0.2, 0.25) is 5.91 Å². The van der Waals surface area contributed by atoms with Crippen molar-refractivity contribution in [1.82, 2.24) is 14.8 Å². The van der Waals surface area contributed by atoms with Crippen molar-refractivity contribution in [3.05, 3.63) is 65.0 Å². The maximum absolute atomic E-state index is 12.3. The fourth-order valence-electron chi connectivity index (χ4n) is 3.18. The molecule has 1 amide bonds. The monoisotopic (exact) mass is 424 g/mol. The van der Waals surface area contributed by atoms with Gasteiger partial charge >= 0.3 is 0 Å². The standard InChI is InChI=1S/C23H28N4O2S/c1-15(2)27-21(13-29-20-10-9-17(4)11-18(20)5)25-26-23(27)30-14-22(28)24-19-8-6-7-16(3)12-19/h6-12,15H,13-14H2,1-5H3,(H,24,28). The van der Waals surface area contributed by atoms with E-state index >= 15 is 0 Å². The Hall–Kier alpha value is -2.80. The van der Waals surface area contributed by atoms with Gasteiger partial charge < -0.3 is 14.6 Å². The first-order valence-corrected chi connectivity index (χ1v) is 10.9. The molecule has 2 aromatic carbocycles. The number of aryl methyl sites for hydroxylation is 3. The topological polar surface area (TPSA) is 69.0 Å². The predicted octanol–water partition coefficient (Wildman–Crippen LogP) is 5.09. The van der Waals surface area contributed by atoms with Crippen LogP contribution in [-0.2, 0) is 11.4 Å². The van der Waals surface area contributed by atoms with E-state index in [1.54, 1.807) is 0 Å². The molecule has 0 spiro atoms. The molecule has 6 nitrogen and oxygen atoms in total. The molecule has 1 N–H and O–H groups in total. The van der Waals surface area contributed by atoms with Crippen LogP contribution in [0.3, 0.4) is 0 Å². The van der Waals surface area contributed by atoms with Gasteiger partial charge in [0, 0.05) is 11.7 Å². The smallest absolute Gasteiger partial charge is 0.234 e. The summed E-state index contributed by atoms with van der Waals surface area (Å²) in [5.74, 6) is 1.77. The van der Waals surface area contributed by atoms with E-state index in [4.69, 9.17) is 4.74 Å². The van der Waals surface area contributed by atoms with Crippen molar-refractivity contribution >= 4 is 23.4 Å². The third-order valence-electron chi connectivity index (χ3n) is 4.57. The summed E-state index contributed by atoms with van der Waals surface area (Å²) < 4.78 is 8.01. The molecule has 0 saturated carbocycles. The van der Waals surface area contributed by atoms with Gasteiger partial charge in [0.05, 0.1) is 5.75 Å². The van der Waals surface area contributed by atoms with Gasteiger partial charge in [-0.05, 0) is 63.9 Å². The molecule has 0 unspecified atom stereocenters. The van der Waals surface area contributed by atoms with Crippen LogP contribution in [0.5, 0.6) is 5.75 Å². The number of rotatable bonds is 8. The number of nitrogens with one attached hydrogen (secondary N) is 1. The number of hydrogen-bond donors (Lipinski definition) is 1. The van der Waals surface area contributed by atoms with Crippen LogP contribution in [0.15, 0.2) is 47.6 Å². The summed E-state index contributed by atoms with van der Waals surface area (Å²) in [7, 11) is 0. The molecule has 0 aliphatic carbocycles. The summed E-state index contributed by atoms with van der Waals surface area (Å²) >= 11 is 1.38. The maximum atomic E-state index is 12.3. The van der Waals surface area contributed by atoms with Crippen molar-refractivity contribution in [2.45, 2.75) is 52.4 Å². The Morgan fingerprint density at radius 3 is 2.57 bits per heavy atom. The van der Waals surface area contributed by atoms with E-state index in [1.807, 2.05) is 54.8 Å². The molecule has 1 heterocycles. The fourth-order valence-corrected chi connectivity index (χ4v) is 4.06. The van der Waals surface area contributed by atoms with Crippen molar-refractivity contribution in [3.63, 3.8) is 0 Å². The molecule has 3 rings (SSSR count). The van der Waals surface area contributed by atoms with Crippen LogP contribution in [0.25, 0.3) is 0 Å². The summed E-state index contributed by atoms with van der Waals surface area (Å²) in [5, 5.41) is 12.2. The number of ether oxygens (including phenoxy) is 1. The lowest BCUT2D eigenvalue weighted by Crippen LogP contribution is -2.15. The Kier molecular flexibility index (Phi) is 7.15. The molecule has 7 heteroatoms. The van der Waals surface area contributed by atoms with E-state index in [0.29, 0.717) is 11.8 Å². The van der Waals surface area contributed by atoms with Crippen LogP contribution in [0.2, 0.25) is 0 Å². The second-order valence-corrected chi connectivity index (χ2v) is 8.57. The van der Waals surface area contributed by atoms with Gasteiger partial charge in [-0.1, -0.05) is 41.6 Å². The van der Waals surface area contributed by atoms with Crippen LogP contribution in [0.1, 0.15) is 42.4 Å². The minimum absolute atomic E-state index is 0.0722. The summed E-state index contributed by atoms with van der Waals surface area (Å²) in [4.78, 5) is 12.3. The van der Waals surface area contributed by atoms with E-state index < -0.39 is 0 Å². The van der Waals surface area contributed by atoms with Gasteiger partial charge in [-0.3, -0.25) is 4.79 Å². The highest BCUT2D eigenvalue weighted by atomic mass is 32.2. The minimum Gasteiger partial charge on any atom is -0.485 e. The lowest BCUT2D eigenvalue weighted by molar-refractivity contribution is -0.113. The highest BCUT2D eigenvalue weighted by Gasteiger charge is 2.17. The highest BCUT2D eigenvalue weighted by Crippen LogP contribution is 2.24. The number of aromatic nitrogens is 3. The lowest BCUT2D eigenvalue weighted by Gasteiger charge is -2.15. The van der Waals surface area contributed by atoms with Gasteiger partial charge in [-0.2, -0.15) is 0 Å². The van der Waals surface area contributed by atoms with E-state index in [1.165, 1.54) is 17.3 Å². The molecule has 0 saturated heterocycles. The zero-order valence-electron chi connectivity index (χ0n) is 18.1. The lowest BCUT2D eigenvalue weighted by atomic mass is 10.1. The summed E-state index contributed by atoms with van der Waals surface area (Å²) in [6.45, 7) is 10.6. The number of hydrogen-bond acceptors (Lipinski definition) is 5. The normalized spacial score (nSPS) is 11.0. The molecule has 0 fully saturated rings. The summed E-state index contributed by atoms with van der Waals surface area (Å²) in [6.07, 6.45) is 0. The van der Waals surface area contributed by atoms with Crippen molar-refractivity contribution in [2.75, 3.05) is 11.1 Å². The van der Waals surface area contributed by atoms with Crippen LogP contribution in [0.4, 0.5) is 5.69 Å². The van der Waals surface area contributed by atoms with E-state index in [-0.39, 0.29) is 17.7 Å². The average Bonchev–Trinajstić information content (AvgIpc) is 3.09. The second-order valence-electron chi connectivity index (χ2n) is 7.63. The van der Waals surface area contributed by atoms with Crippen molar-refractivity contribution in [2.24, 2.45) is 0 Å². The zero-order valence-corrected chi connectivity index (χ0v) is 18.9.